The van der Waals surface area contributed by atoms with Gasteiger partial charge in [-0.05, 0) is 132 Å². The lowest BCUT2D eigenvalue weighted by Gasteiger charge is -2.26. The van der Waals surface area contributed by atoms with E-state index in [0.29, 0.717) is 11.1 Å². The highest BCUT2D eigenvalue weighted by atomic mass is 16.1. The fourth-order valence-corrected chi connectivity index (χ4v) is 7.15. The Labute approximate surface area is 295 Å². The van der Waals surface area contributed by atoms with Gasteiger partial charge in [0.1, 0.15) is 0 Å². The topological polar surface area (TPSA) is 37.4 Å². The molecule has 0 aromatic heterocycles. The monoisotopic (exact) mass is 653 g/mol. The summed E-state index contributed by atoms with van der Waals surface area (Å²) >= 11 is 0. The van der Waals surface area contributed by atoms with Gasteiger partial charge in [0.25, 0.3) is 0 Å². The van der Waals surface area contributed by atoms with E-state index >= 15 is 0 Å². The van der Waals surface area contributed by atoms with Gasteiger partial charge in [0.15, 0.2) is 12.1 Å². The molecular formula is C48H31NO2. The van der Waals surface area contributed by atoms with Crippen LogP contribution < -0.4 is 4.90 Å². The molecule has 51 heavy (non-hydrogen) atoms. The minimum atomic E-state index is -0.201. The Bertz CT molecular complexity index is 2870. The van der Waals surface area contributed by atoms with Gasteiger partial charge in [-0.1, -0.05) is 109 Å². The van der Waals surface area contributed by atoms with Gasteiger partial charge < -0.3 is 4.90 Å². The highest BCUT2D eigenvalue weighted by molar-refractivity contribution is 6.13. The minimum Gasteiger partial charge on any atom is -0.310 e. The molecule has 9 aromatic rings. The highest BCUT2D eigenvalue weighted by Gasteiger charge is 2.15. The summed E-state index contributed by atoms with van der Waals surface area (Å²) in [5, 5.41) is 11.2. The molecule has 3 heteroatoms. The maximum Gasteiger partial charge on any atom is 0.186 e. The van der Waals surface area contributed by atoms with Crippen molar-refractivity contribution in [2.75, 3.05) is 4.90 Å². The largest absolute Gasteiger partial charge is 0.310 e. The van der Waals surface area contributed by atoms with Crippen LogP contribution >= 0.6 is 0 Å². The number of carbonyl (C=O) groups excluding carboxylic acids is 2. The summed E-state index contributed by atoms with van der Waals surface area (Å²) in [5.41, 5.74) is 4.91. The van der Waals surface area contributed by atoms with Crippen LogP contribution in [0.3, 0.4) is 0 Å². The van der Waals surface area contributed by atoms with Gasteiger partial charge in [-0.3, -0.25) is 9.59 Å². The molecule has 0 heterocycles. The number of rotatable bonds is 7. The van der Waals surface area contributed by atoms with E-state index in [1.54, 1.807) is 18.2 Å². The summed E-state index contributed by atoms with van der Waals surface area (Å²) in [6.07, 6.45) is 4.12. The van der Waals surface area contributed by atoms with Crippen LogP contribution in [0.1, 0.15) is 26.3 Å². The van der Waals surface area contributed by atoms with Gasteiger partial charge in [0.2, 0.25) is 0 Å². The fourth-order valence-electron chi connectivity index (χ4n) is 7.15. The average molecular weight is 654 g/mol. The predicted molar refractivity (Wildman–Crippen MR) is 214 cm³/mol. The third-order valence-electron chi connectivity index (χ3n) is 9.78. The maximum absolute atomic E-state index is 13.3. The second-order valence-corrected chi connectivity index (χ2v) is 13.0. The van der Waals surface area contributed by atoms with Crippen LogP contribution in [0, 0.1) is 0 Å². The van der Waals surface area contributed by atoms with Gasteiger partial charge in [-0.15, -0.1) is 0 Å². The van der Waals surface area contributed by atoms with Gasteiger partial charge in [-0.25, -0.2) is 0 Å². The zero-order valence-corrected chi connectivity index (χ0v) is 27.7. The van der Waals surface area contributed by atoms with Crippen LogP contribution in [0.25, 0.3) is 59.9 Å². The molecule has 0 aliphatic heterocycles. The SMILES string of the molecule is O=Cc1cc2ccccc2cc1C(=O)C=Cc1ccc2cc(N(c3ccc4ccccc4c3)c3ccc4cc5ccccc5cc4c3)ccc2c1. The first-order valence-corrected chi connectivity index (χ1v) is 17.1. The number of carbonyl (C=O) groups is 2. The molecule has 9 rings (SSSR count). The first-order chi connectivity index (χ1) is 25.1. The third kappa shape index (κ3) is 5.71. The number of hydrogen-bond donors (Lipinski definition) is 0. The number of nitrogens with zero attached hydrogens (tertiary/aromatic N) is 1. The van der Waals surface area contributed by atoms with Crippen molar-refractivity contribution >= 4 is 89.1 Å². The number of hydrogen-bond acceptors (Lipinski definition) is 3. The number of benzene rings is 9. The lowest BCUT2D eigenvalue weighted by molar-refractivity contribution is 0.103. The van der Waals surface area contributed by atoms with Crippen LogP contribution in [0.5, 0.6) is 0 Å². The van der Waals surface area contributed by atoms with E-state index in [0.717, 1.165) is 50.5 Å². The van der Waals surface area contributed by atoms with Crippen molar-refractivity contribution in [1.82, 2.24) is 0 Å². The lowest BCUT2D eigenvalue weighted by atomic mass is 9.98. The third-order valence-corrected chi connectivity index (χ3v) is 9.78. The van der Waals surface area contributed by atoms with Crippen LogP contribution in [-0.4, -0.2) is 12.1 Å². The second kappa shape index (κ2) is 12.6. The summed E-state index contributed by atoms with van der Waals surface area (Å²) in [7, 11) is 0. The molecule has 240 valence electrons. The zero-order chi connectivity index (χ0) is 34.3. The number of allylic oxidation sites excluding steroid dienone is 1. The molecule has 3 nitrogen and oxygen atoms in total. The van der Waals surface area contributed by atoms with Gasteiger partial charge in [0.05, 0.1) is 0 Å². The van der Waals surface area contributed by atoms with Gasteiger partial charge in [0, 0.05) is 28.2 Å². The van der Waals surface area contributed by atoms with E-state index in [9.17, 15) is 9.59 Å². The Morgan fingerprint density at radius 2 is 0.843 bits per heavy atom. The lowest BCUT2D eigenvalue weighted by Crippen LogP contribution is -2.10. The van der Waals surface area contributed by atoms with Gasteiger partial charge in [-0.2, -0.15) is 0 Å². The molecule has 0 N–H and O–H groups in total. The highest BCUT2D eigenvalue weighted by Crippen LogP contribution is 2.39. The molecule has 0 unspecified atom stereocenters. The number of fused-ring (bicyclic) bond motifs is 5. The zero-order valence-electron chi connectivity index (χ0n) is 27.7. The van der Waals surface area contributed by atoms with Gasteiger partial charge >= 0.3 is 0 Å². The Hall–Kier alpha value is -6.84. The number of anilines is 3. The molecule has 0 radical (unpaired) electrons. The van der Waals surface area contributed by atoms with E-state index in [1.807, 2.05) is 36.4 Å². The fraction of sp³-hybridized carbons (Fsp3) is 0. The molecule has 0 aliphatic rings. The average Bonchev–Trinajstić information content (AvgIpc) is 3.18. The van der Waals surface area contributed by atoms with Crippen molar-refractivity contribution in [2.45, 2.75) is 0 Å². The Kier molecular flexibility index (Phi) is 7.44. The summed E-state index contributed by atoms with van der Waals surface area (Å²) in [4.78, 5) is 27.4. The molecule has 0 spiro atoms. The van der Waals surface area contributed by atoms with E-state index in [2.05, 4.69) is 132 Å². The van der Waals surface area contributed by atoms with Crippen LogP contribution in [0.4, 0.5) is 17.1 Å². The maximum atomic E-state index is 13.3. The van der Waals surface area contributed by atoms with E-state index in [-0.39, 0.29) is 5.78 Å². The van der Waals surface area contributed by atoms with Crippen LogP contribution in [-0.2, 0) is 0 Å². The molecule has 0 amide bonds. The summed E-state index contributed by atoms with van der Waals surface area (Å²) in [5.74, 6) is -0.201. The van der Waals surface area contributed by atoms with Crippen LogP contribution in [0.2, 0.25) is 0 Å². The summed E-state index contributed by atoms with van der Waals surface area (Å²) < 4.78 is 0. The minimum absolute atomic E-state index is 0.201. The molecule has 0 atom stereocenters. The molecule has 0 bridgehead atoms. The van der Waals surface area contributed by atoms with E-state index < -0.39 is 0 Å². The summed E-state index contributed by atoms with van der Waals surface area (Å²) in [6, 6.07) is 58.8. The quantitative estimate of drug-likeness (QED) is 0.0743. The Balaban J connectivity index is 1.09. The number of ketones is 1. The molecule has 0 aliphatic carbocycles. The number of aldehydes is 1. The molecule has 0 saturated heterocycles. The first kappa shape index (κ1) is 30.2. The van der Waals surface area contributed by atoms with Crippen molar-refractivity contribution in [2.24, 2.45) is 0 Å². The van der Waals surface area contributed by atoms with Crippen molar-refractivity contribution in [3.05, 3.63) is 193 Å². The second-order valence-electron chi connectivity index (χ2n) is 13.0. The van der Waals surface area contributed by atoms with E-state index in [4.69, 9.17) is 0 Å². The Morgan fingerprint density at radius 3 is 1.47 bits per heavy atom. The predicted octanol–water partition coefficient (Wildman–Crippen LogP) is 12.6. The Morgan fingerprint density at radius 1 is 0.412 bits per heavy atom. The van der Waals surface area contributed by atoms with Crippen molar-refractivity contribution in [3.63, 3.8) is 0 Å². The van der Waals surface area contributed by atoms with Crippen molar-refractivity contribution in [3.8, 4) is 0 Å². The van der Waals surface area contributed by atoms with Crippen molar-refractivity contribution in [1.29, 1.82) is 0 Å². The normalized spacial score (nSPS) is 11.6. The standard InChI is InChI=1S/C48H31NO2/c50-31-43-26-36-10-5-6-12-38(36)30-47(43)48(51)22-14-32-13-15-41-28-45(20-17-39(41)23-32)49(44-19-16-33-7-1-2-11-37(33)27-44)46-21-18-40-24-34-8-3-4-9-35(34)25-42(40)29-46/h1-31H. The molecular weight excluding hydrogens is 623 g/mol. The smallest absolute Gasteiger partial charge is 0.186 e. The van der Waals surface area contributed by atoms with E-state index in [1.165, 1.54) is 32.3 Å². The van der Waals surface area contributed by atoms with Crippen LogP contribution in [0.15, 0.2) is 176 Å². The first-order valence-electron chi connectivity index (χ1n) is 17.1. The molecule has 9 aromatic carbocycles. The summed E-state index contributed by atoms with van der Waals surface area (Å²) in [6.45, 7) is 0. The van der Waals surface area contributed by atoms with Crippen molar-refractivity contribution < 1.29 is 9.59 Å². The molecule has 0 saturated carbocycles. The molecule has 0 fully saturated rings.